The number of hydrogen-bond acceptors (Lipinski definition) is 3. The van der Waals surface area contributed by atoms with Gasteiger partial charge < -0.3 is 14.5 Å². The van der Waals surface area contributed by atoms with Crippen LogP contribution in [0.4, 0.5) is 4.79 Å². The van der Waals surface area contributed by atoms with Gasteiger partial charge in [-0.2, -0.15) is 0 Å². The monoisotopic (exact) mass is 372 g/mol. The van der Waals surface area contributed by atoms with Gasteiger partial charge in [0.05, 0.1) is 0 Å². The van der Waals surface area contributed by atoms with Gasteiger partial charge in [0.15, 0.2) is 0 Å². The fourth-order valence-corrected chi connectivity index (χ4v) is 3.25. The Labute approximate surface area is 163 Å². The van der Waals surface area contributed by atoms with Crippen LogP contribution in [0.1, 0.15) is 47.0 Å². The van der Waals surface area contributed by atoms with Gasteiger partial charge in [0.2, 0.25) is 5.91 Å². The third-order valence-electron chi connectivity index (χ3n) is 4.72. The van der Waals surface area contributed by atoms with Crippen molar-refractivity contribution in [3.63, 3.8) is 0 Å². The van der Waals surface area contributed by atoms with Crippen molar-refractivity contribution in [1.29, 1.82) is 0 Å². The molecule has 2 amide bonds. The predicted molar refractivity (Wildman–Crippen MR) is 108 cm³/mol. The van der Waals surface area contributed by atoms with Crippen molar-refractivity contribution in [2.45, 2.75) is 58.6 Å². The van der Waals surface area contributed by atoms with Gasteiger partial charge in [0.1, 0.15) is 5.60 Å². The minimum absolute atomic E-state index is 0.102. The van der Waals surface area contributed by atoms with Gasteiger partial charge in [-0.3, -0.25) is 4.79 Å². The Morgan fingerprint density at radius 1 is 1.30 bits per heavy atom. The van der Waals surface area contributed by atoms with E-state index in [4.69, 9.17) is 4.74 Å². The minimum Gasteiger partial charge on any atom is -0.444 e. The molecular formula is C22H32N2O3. The van der Waals surface area contributed by atoms with Crippen molar-refractivity contribution in [3.05, 3.63) is 48.1 Å². The summed E-state index contributed by atoms with van der Waals surface area (Å²) in [5, 5.41) is 0. The molecule has 0 aliphatic carbocycles. The number of allylic oxidation sites excluding steroid dienone is 4. The van der Waals surface area contributed by atoms with E-state index in [9.17, 15) is 9.59 Å². The van der Waals surface area contributed by atoms with Gasteiger partial charge in [-0.05, 0) is 51.7 Å². The van der Waals surface area contributed by atoms with E-state index in [2.05, 4.69) is 12.7 Å². The number of carbonyl (C=O) groups is 2. The van der Waals surface area contributed by atoms with Crippen molar-refractivity contribution >= 4 is 12.0 Å². The zero-order chi connectivity index (χ0) is 20.0. The largest absolute Gasteiger partial charge is 0.444 e. The summed E-state index contributed by atoms with van der Waals surface area (Å²) in [5.41, 5.74) is 1.75. The maximum Gasteiger partial charge on any atom is 0.410 e. The predicted octanol–water partition coefficient (Wildman–Crippen LogP) is 4.23. The molecule has 0 spiro atoms. The molecule has 0 N–H and O–H groups in total. The molecule has 1 saturated heterocycles. The van der Waals surface area contributed by atoms with Gasteiger partial charge >= 0.3 is 6.09 Å². The minimum atomic E-state index is -0.481. The molecule has 5 nitrogen and oxygen atoms in total. The first kappa shape index (κ1) is 21.0. The van der Waals surface area contributed by atoms with Gasteiger partial charge in [0.25, 0.3) is 0 Å². The van der Waals surface area contributed by atoms with Crippen LogP contribution in [0.25, 0.3) is 0 Å². The van der Waals surface area contributed by atoms with Crippen molar-refractivity contribution in [2.24, 2.45) is 0 Å². The summed E-state index contributed by atoms with van der Waals surface area (Å²) >= 11 is 0. The molecule has 0 radical (unpaired) electrons. The molecule has 0 saturated carbocycles. The van der Waals surface area contributed by atoms with Crippen LogP contribution in [-0.4, -0.2) is 53.1 Å². The van der Waals surface area contributed by atoms with E-state index < -0.39 is 5.60 Å². The van der Waals surface area contributed by atoms with Crippen LogP contribution in [0.2, 0.25) is 0 Å². The van der Waals surface area contributed by atoms with Crippen molar-refractivity contribution in [1.82, 2.24) is 9.80 Å². The number of rotatable bonds is 5. The lowest BCUT2D eigenvalue weighted by molar-refractivity contribution is -0.128. The summed E-state index contributed by atoms with van der Waals surface area (Å²) in [4.78, 5) is 27.6. The summed E-state index contributed by atoms with van der Waals surface area (Å²) in [6.45, 7) is 13.6. The SMILES string of the molecule is C=C/C(=C\C=C\C(C)N1CCCC1=O)C1=CCN(C(=O)OC(C)(C)C)CC1. The molecular weight excluding hydrogens is 340 g/mol. The summed E-state index contributed by atoms with van der Waals surface area (Å²) in [6, 6.07) is 0.102. The van der Waals surface area contributed by atoms with Crippen LogP contribution in [0.15, 0.2) is 48.1 Å². The lowest BCUT2D eigenvalue weighted by atomic mass is 9.99. The molecule has 1 fully saturated rings. The molecule has 0 aromatic heterocycles. The third kappa shape index (κ3) is 6.12. The van der Waals surface area contributed by atoms with Crippen molar-refractivity contribution < 1.29 is 14.3 Å². The molecule has 5 heteroatoms. The molecule has 1 atom stereocenters. The van der Waals surface area contributed by atoms with Gasteiger partial charge in [-0.15, -0.1) is 0 Å². The standard InChI is InChI=1S/C22H32N2O3/c1-6-18(10-7-9-17(2)24-14-8-11-20(24)25)19-12-15-23(16-13-19)21(26)27-22(3,4)5/h6-7,9-10,12,17H,1,8,11,13-16H2,2-5H3/b9-7+,18-10+. The Morgan fingerprint density at radius 2 is 2.04 bits per heavy atom. The lowest BCUT2D eigenvalue weighted by Gasteiger charge is -2.29. The van der Waals surface area contributed by atoms with Crippen LogP contribution >= 0.6 is 0 Å². The fourth-order valence-electron chi connectivity index (χ4n) is 3.25. The second kappa shape index (κ2) is 9.07. The molecule has 27 heavy (non-hydrogen) atoms. The second-order valence-corrected chi connectivity index (χ2v) is 8.05. The zero-order valence-corrected chi connectivity index (χ0v) is 17.0. The second-order valence-electron chi connectivity index (χ2n) is 8.05. The molecule has 0 aromatic carbocycles. The Kier molecular flexibility index (Phi) is 7.05. The molecule has 2 aliphatic heterocycles. The van der Waals surface area contributed by atoms with Crippen LogP contribution in [-0.2, 0) is 9.53 Å². The molecule has 2 heterocycles. The maximum atomic E-state index is 12.2. The highest BCUT2D eigenvalue weighted by Crippen LogP contribution is 2.22. The van der Waals surface area contributed by atoms with Gasteiger partial charge in [0, 0.05) is 32.1 Å². The van der Waals surface area contributed by atoms with Crippen LogP contribution in [0.5, 0.6) is 0 Å². The number of nitrogens with zero attached hydrogens (tertiary/aromatic N) is 2. The first-order valence-electron chi connectivity index (χ1n) is 9.69. The van der Waals surface area contributed by atoms with Crippen LogP contribution < -0.4 is 0 Å². The molecule has 2 aliphatic rings. The summed E-state index contributed by atoms with van der Waals surface area (Å²) in [6.07, 6.45) is 12.1. The third-order valence-corrected chi connectivity index (χ3v) is 4.72. The first-order valence-corrected chi connectivity index (χ1v) is 9.69. The maximum absolute atomic E-state index is 12.2. The van der Waals surface area contributed by atoms with E-state index in [0.29, 0.717) is 19.5 Å². The Balaban J connectivity index is 1.96. The van der Waals surface area contributed by atoms with E-state index >= 15 is 0 Å². The quantitative estimate of drug-likeness (QED) is 0.679. The summed E-state index contributed by atoms with van der Waals surface area (Å²) in [7, 11) is 0. The average molecular weight is 373 g/mol. The van der Waals surface area contributed by atoms with E-state index in [-0.39, 0.29) is 18.0 Å². The molecule has 2 rings (SSSR count). The van der Waals surface area contributed by atoms with Gasteiger partial charge in [-0.1, -0.05) is 37.0 Å². The van der Waals surface area contributed by atoms with Crippen molar-refractivity contribution in [3.8, 4) is 0 Å². The number of hydrogen-bond donors (Lipinski definition) is 0. The normalized spacial score (nSPS) is 20.1. The van der Waals surface area contributed by atoms with Crippen molar-refractivity contribution in [2.75, 3.05) is 19.6 Å². The molecule has 1 unspecified atom stereocenters. The Morgan fingerprint density at radius 3 is 2.56 bits per heavy atom. The lowest BCUT2D eigenvalue weighted by Crippen LogP contribution is -2.39. The van der Waals surface area contributed by atoms with E-state index in [0.717, 1.165) is 25.0 Å². The molecule has 0 bridgehead atoms. The number of carbonyl (C=O) groups excluding carboxylic acids is 2. The zero-order valence-electron chi connectivity index (χ0n) is 17.0. The fraction of sp³-hybridized carbons (Fsp3) is 0.545. The highest BCUT2D eigenvalue weighted by molar-refractivity contribution is 5.78. The first-order chi connectivity index (χ1) is 12.7. The summed E-state index contributed by atoms with van der Waals surface area (Å²) in [5.74, 6) is 0.234. The smallest absolute Gasteiger partial charge is 0.410 e. The topological polar surface area (TPSA) is 49.9 Å². The average Bonchev–Trinajstić information content (AvgIpc) is 3.03. The van der Waals surface area contributed by atoms with E-state index in [1.165, 1.54) is 5.57 Å². The number of likely N-dealkylation sites (tertiary alicyclic amines) is 1. The highest BCUT2D eigenvalue weighted by atomic mass is 16.6. The summed E-state index contributed by atoms with van der Waals surface area (Å²) < 4.78 is 5.43. The van der Waals surface area contributed by atoms with Gasteiger partial charge in [-0.25, -0.2) is 4.79 Å². The van der Waals surface area contributed by atoms with E-state index in [1.54, 1.807) is 4.90 Å². The molecule has 0 aromatic rings. The molecule has 148 valence electrons. The number of ether oxygens (including phenoxy) is 1. The highest BCUT2D eigenvalue weighted by Gasteiger charge is 2.24. The van der Waals surface area contributed by atoms with Crippen LogP contribution in [0.3, 0.4) is 0 Å². The number of amides is 2. The Hall–Kier alpha value is -2.30. The Bertz CT molecular complexity index is 668. The van der Waals surface area contributed by atoms with Crippen LogP contribution in [0, 0.1) is 0 Å². The van der Waals surface area contributed by atoms with E-state index in [1.807, 2.05) is 56.9 Å².